The van der Waals surface area contributed by atoms with Crippen molar-refractivity contribution in [3.8, 4) is 0 Å². The van der Waals surface area contributed by atoms with Crippen molar-refractivity contribution in [2.75, 3.05) is 23.3 Å². The highest BCUT2D eigenvalue weighted by molar-refractivity contribution is 9.09. The van der Waals surface area contributed by atoms with E-state index in [0.717, 1.165) is 0 Å². The maximum atomic E-state index is 12.6. The fourth-order valence-corrected chi connectivity index (χ4v) is 2.24. The quantitative estimate of drug-likeness (QED) is 0.833. The van der Waals surface area contributed by atoms with E-state index in [4.69, 9.17) is 0 Å². The number of rotatable bonds is 5. The molecule has 0 amide bonds. The lowest BCUT2D eigenvalue weighted by atomic mass is 10.4. The van der Waals surface area contributed by atoms with E-state index in [-0.39, 0.29) is 0 Å². The minimum atomic E-state index is -2.46. The number of aromatic nitrogens is 4. The van der Waals surface area contributed by atoms with Gasteiger partial charge in [0, 0.05) is 17.9 Å². The van der Waals surface area contributed by atoms with E-state index in [9.17, 15) is 13.6 Å². The fraction of sp³-hybridized carbons (Fsp3) is 0.500. The number of halogens is 3. The van der Waals surface area contributed by atoms with Gasteiger partial charge in [0.2, 0.25) is 0 Å². The SMILES string of the molecule is Cc1nc(N(CCBr)CC(F)F)cc2n[nH]c(=O)n12. The van der Waals surface area contributed by atoms with E-state index >= 15 is 0 Å². The first kappa shape index (κ1) is 13.9. The molecule has 2 heterocycles. The van der Waals surface area contributed by atoms with E-state index in [0.29, 0.717) is 29.2 Å². The average Bonchev–Trinajstić information content (AvgIpc) is 2.70. The lowest BCUT2D eigenvalue weighted by molar-refractivity contribution is 0.155. The zero-order valence-corrected chi connectivity index (χ0v) is 11.7. The lowest BCUT2D eigenvalue weighted by Gasteiger charge is -2.22. The van der Waals surface area contributed by atoms with Gasteiger partial charge in [-0.15, -0.1) is 0 Å². The predicted molar refractivity (Wildman–Crippen MR) is 70.4 cm³/mol. The molecule has 0 atom stereocenters. The topological polar surface area (TPSA) is 66.3 Å². The molecule has 2 rings (SSSR count). The predicted octanol–water partition coefficient (Wildman–Crippen LogP) is 1.19. The van der Waals surface area contributed by atoms with E-state index < -0.39 is 18.7 Å². The Balaban J connectivity index is 2.45. The number of hydrogen-bond acceptors (Lipinski definition) is 4. The van der Waals surface area contributed by atoms with E-state index in [1.54, 1.807) is 6.92 Å². The third kappa shape index (κ3) is 2.91. The Morgan fingerprint density at radius 2 is 2.32 bits per heavy atom. The van der Waals surface area contributed by atoms with E-state index in [2.05, 4.69) is 31.1 Å². The van der Waals surface area contributed by atoms with Gasteiger partial charge in [-0.05, 0) is 6.92 Å². The molecule has 0 radical (unpaired) electrons. The van der Waals surface area contributed by atoms with Gasteiger partial charge in [-0.1, -0.05) is 15.9 Å². The maximum Gasteiger partial charge on any atom is 0.349 e. The van der Waals surface area contributed by atoms with Crippen LogP contribution in [0, 0.1) is 6.92 Å². The summed E-state index contributed by atoms with van der Waals surface area (Å²) >= 11 is 3.22. The van der Waals surface area contributed by atoms with Crippen molar-refractivity contribution < 1.29 is 8.78 Å². The Morgan fingerprint density at radius 3 is 2.95 bits per heavy atom. The number of H-pyrrole nitrogens is 1. The molecule has 2 aromatic heterocycles. The Kier molecular flexibility index (Phi) is 4.13. The molecule has 0 saturated heterocycles. The summed E-state index contributed by atoms with van der Waals surface area (Å²) in [7, 11) is 0. The molecule has 19 heavy (non-hydrogen) atoms. The molecule has 0 saturated carbocycles. The van der Waals surface area contributed by atoms with Gasteiger partial charge in [-0.25, -0.2) is 28.1 Å². The Bertz CT molecular complexity index is 626. The lowest BCUT2D eigenvalue weighted by Crippen LogP contribution is -2.32. The highest BCUT2D eigenvalue weighted by Gasteiger charge is 2.16. The standard InChI is InChI=1S/C10H12BrF2N5O/c1-6-14-8(17(3-2-11)5-7(12)13)4-9-15-16-10(19)18(6)9/h4,7H,2-3,5H2,1H3,(H,16,19). The zero-order chi connectivity index (χ0) is 14.0. The van der Waals surface area contributed by atoms with Crippen LogP contribution in [0.2, 0.25) is 0 Å². The van der Waals surface area contributed by atoms with Gasteiger partial charge in [-0.3, -0.25) is 0 Å². The monoisotopic (exact) mass is 335 g/mol. The van der Waals surface area contributed by atoms with Crippen LogP contribution in [0.15, 0.2) is 10.9 Å². The van der Waals surface area contributed by atoms with Gasteiger partial charge in [0.25, 0.3) is 6.43 Å². The molecule has 0 aliphatic heterocycles. The van der Waals surface area contributed by atoms with E-state index in [1.165, 1.54) is 15.4 Å². The van der Waals surface area contributed by atoms with Crippen molar-refractivity contribution >= 4 is 27.4 Å². The number of alkyl halides is 3. The molecule has 0 aliphatic carbocycles. The molecular formula is C10H12BrF2N5O. The molecule has 2 aromatic rings. The Morgan fingerprint density at radius 1 is 1.58 bits per heavy atom. The van der Waals surface area contributed by atoms with Gasteiger partial charge in [0.15, 0.2) is 5.65 Å². The fourth-order valence-electron chi connectivity index (χ4n) is 1.81. The second kappa shape index (κ2) is 5.64. The van der Waals surface area contributed by atoms with E-state index in [1.807, 2.05) is 0 Å². The molecule has 1 N–H and O–H groups in total. The molecule has 0 fully saturated rings. The molecule has 0 aliphatic rings. The van der Waals surface area contributed by atoms with Crippen LogP contribution in [0.1, 0.15) is 5.82 Å². The number of aryl methyl sites for hydroxylation is 1. The van der Waals surface area contributed by atoms with Gasteiger partial charge in [0.05, 0.1) is 6.54 Å². The van der Waals surface area contributed by atoms with Crippen molar-refractivity contribution in [3.63, 3.8) is 0 Å². The van der Waals surface area contributed by atoms with Crippen LogP contribution in [0.3, 0.4) is 0 Å². The Hall–Kier alpha value is -1.51. The summed E-state index contributed by atoms with van der Waals surface area (Å²) in [6.07, 6.45) is -2.46. The van der Waals surface area contributed by atoms with Crippen LogP contribution in [-0.2, 0) is 0 Å². The summed E-state index contributed by atoms with van der Waals surface area (Å²) in [5.74, 6) is 0.781. The van der Waals surface area contributed by atoms with Crippen molar-refractivity contribution in [3.05, 3.63) is 22.4 Å². The summed E-state index contributed by atoms with van der Waals surface area (Å²) in [6, 6.07) is 1.51. The largest absolute Gasteiger partial charge is 0.350 e. The highest BCUT2D eigenvalue weighted by Crippen LogP contribution is 2.15. The zero-order valence-electron chi connectivity index (χ0n) is 10.1. The first-order valence-electron chi connectivity index (χ1n) is 5.56. The first-order chi connectivity index (χ1) is 9.02. The second-order valence-electron chi connectivity index (χ2n) is 3.91. The van der Waals surface area contributed by atoms with Crippen LogP contribution in [0.25, 0.3) is 5.65 Å². The molecule has 0 unspecified atom stereocenters. The summed E-state index contributed by atoms with van der Waals surface area (Å²) < 4.78 is 26.4. The van der Waals surface area contributed by atoms with Gasteiger partial charge in [0.1, 0.15) is 11.6 Å². The van der Waals surface area contributed by atoms with Crippen LogP contribution in [-0.4, -0.2) is 44.4 Å². The normalized spacial score (nSPS) is 11.4. The number of hydrogen-bond donors (Lipinski definition) is 1. The minimum absolute atomic E-state index is 0.362. The van der Waals surface area contributed by atoms with Gasteiger partial charge in [-0.2, -0.15) is 5.10 Å². The third-order valence-corrected chi connectivity index (χ3v) is 2.95. The molecule has 0 bridgehead atoms. The van der Waals surface area contributed by atoms with Gasteiger partial charge < -0.3 is 4.90 Å². The Labute approximate surface area is 115 Å². The van der Waals surface area contributed by atoms with Crippen molar-refractivity contribution in [1.29, 1.82) is 0 Å². The summed E-state index contributed by atoms with van der Waals surface area (Å²) in [5.41, 5.74) is -0.0335. The molecule has 6 nitrogen and oxygen atoms in total. The molecule has 9 heteroatoms. The molecule has 0 spiro atoms. The summed E-state index contributed by atoms with van der Waals surface area (Å²) in [5, 5.41) is 6.66. The number of fused-ring (bicyclic) bond motifs is 1. The van der Waals surface area contributed by atoms with Crippen molar-refractivity contribution in [2.45, 2.75) is 13.3 Å². The maximum absolute atomic E-state index is 12.6. The number of aromatic amines is 1. The minimum Gasteiger partial charge on any atom is -0.350 e. The second-order valence-corrected chi connectivity index (χ2v) is 4.70. The number of nitrogens with zero attached hydrogens (tertiary/aromatic N) is 4. The van der Waals surface area contributed by atoms with Crippen LogP contribution < -0.4 is 10.6 Å². The molecule has 0 aromatic carbocycles. The smallest absolute Gasteiger partial charge is 0.349 e. The molecular weight excluding hydrogens is 324 g/mol. The summed E-state index contributed by atoms with van der Waals surface area (Å²) in [4.78, 5) is 17.1. The number of anilines is 1. The van der Waals surface area contributed by atoms with Gasteiger partial charge >= 0.3 is 5.69 Å². The van der Waals surface area contributed by atoms with Crippen molar-refractivity contribution in [2.24, 2.45) is 0 Å². The first-order valence-corrected chi connectivity index (χ1v) is 6.69. The van der Waals surface area contributed by atoms with Crippen molar-refractivity contribution in [1.82, 2.24) is 19.6 Å². The van der Waals surface area contributed by atoms with Crippen LogP contribution in [0.5, 0.6) is 0 Å². The summed E-state index contributed by atoms with van der Waals surface area (Å²) in [6.45, 7) is 1.60. The average molecular weight is 336 g/mol. The highest BCUT2D eigenvalue weighted by atomic mass is 79.9. The van der Waals surface area contributed by atoms with Crippen LogP contribution >= 0.6 is 15.9 Å². The van der Waals surface area contributed by atoms with Crippen LogP contribution in [0.4, 0.5) is 14.6 Å². The number of nitrogens with one attached hydrogen (secondary N) is 1. The third-order valence-electron chi connectivity index (χ3n) is 2.59. The molecule has 104 valence electrons.